The van der Waals surface area contributed by atoms with Crippen LogP contribution in [0.4, 0.5) is 23.2 Å². The number of aliphatic hydroxyl groups is 1. The van der Waals surface area contributed by atoms with E-state index in [0.29, 0.717) is 5.56 Å². The maximum atomic E-state index is 15.0. The number of pyridine rings is 1. The standard InChI is InChI=1S/C21H19ClF4N4O3/c1-10-4-5-27-19(22)18(10)29-20(32)13-6-14(23)12(15-8-30(3)17(9-31)28-15)7-16(13)33-11(2)21(24,25)26/h4-8,11,31H,9H2,1-3H3,(H,29,32). The number of hydrogen-bond acceptors (Lipinski definition) is 5. The molecule has 1 amide bonds. The number of benzene rings is 1. The van der Waals surface area contributed by atoms with Crippen LogP contribution in [-0.2, 0) is 13.7 Å². The van der Waals surface area contributed by atoms with Gasteiger partial charge in [-0.3, -0.25) is 4.79 Å². The number of carbonyl (C=O) groups is 1. The Bertz CT molecular complexity index is 1180. The molecule has 176 valence electrons. The van der Waals surface area contributed by atoms with Crippen molar-refractivity contribution in [2.75, 3.05) is 5.32 Å². The van der Waals surface area contributed by atoms with Crippen LogP contribution in [0.15, 0.2) is 30.6 Å². The van der Waals surface area contributed by atoms with Crippen LogP contribution in [0.2, 0.25) is 5.15 Å². The third-order valence-corrected chi connectivity index (χ3v) is 5.11. The maximum absolute atomic E-state index is 15.0. The SMILES string of the molecule is Cc1ccnc(Cl)c1NC(=O)c1cc(F)c(-c2cn(C)c(CO)n2)cc1OC(C)C(F)(F)F. The number of imidazole rings is 1. The van der Waals surface area contributed by atoms with E-state index in [9.17, 15) is 27.5 Å². The third kappa shape index (κ3) is 5.25. The van der Waals surface area contributed by atoms with Crippen molar-refractivity contribution in [1.82, 2.24) is 14.5 Å². The number of aromatic nitrogens is 3. The number of amides is 1. The molecule has 1 aromatic carbocycles. The van der Waals surface area contributed by atoms with E-state index in [0.717, 1.165) is 19.1 Å². The summed E-state index contributed by atoms with van der Waals surface area (Å²) in [7, 11) is 1.56. The van der Waals surface area contributed by atoms with Gasteiger partial charge in [0.2, 0.25) is 0 Å². The fourth-order valence-corrected chi connectivity index (χ4v) is 3.17. The largest absolute Gasteiger partial charge is 0.480 e. The molecule has 3 aromatic rings. The molecule has 2 heterocycles. The van der Waals surface area contributed by atoms with Gasteiger partial charge in [-0.05, 0) is 37.6 Å². The lowest BCUT2D eigenvalue weighted by atomic mass is 10.1. The van der Waals surface area contributed by atoms with Gasteiger partial charge in [-0.2, -0.15) is 13.2 Å². The van der Waals surface area contributed by atoms with Gasteiger partial charge in [0.25, 0.3) is 5.91 Å². The number of anilines is 1. The minimum atomic E-state index is -4.74. The monoisotopic (exact) mass is 486 g/mol. The Morgan fingerprint density at radius 2 is 2.06 bits per heavy atom. The van der Waals surface area contributed by atoms with E-state index in [1.807, 2.05) is 0 Å². The summed E-state index contributed by atoms with van der Waals surface area (Å²) < 4.78 is 60.9. The van der Waals surface area contributed by atoms with E-state index in [-0.39, 0.29) is 27.9 Å². The van der Waals surface area contributed by atoms with Gasteiger partial charge in [-0.15, -0.1) is 0 Å². The number of nitrogens with zero attached hydrogens (tertiary/aromatic N) is 3. The van der Waals surface area contributed by atoms with Crippen molar-refractivity contribution in [3.63, 3.8) is 0 Å². The highest BCUT2D eigenvalue weighted by Gasteiger charge is 2.39. The number of aryl methyl sites for hydroxylation is 2. The quantitative estimate of drug-likeness (QED) is 0.391. The Morgan fingerprint density at radius 1 is 1.36 bits per heavy atom. The smallest absolute Gasteiger partial charge is 0.425 e. The Labute approximate surface area is 191 Å². The molecule has 1 unspecified atom stereocenters. The molecule has 0 spiro atoms. The van der Waals surface area contributed by atoms with E-state index < -0.39 is 41.9 Å². The molecule has 0 bridgehead atoms. The Balaban J connectivity index is 2.09. The number of halogens is 5. The summed E-state index contributed by atoms with van der Waals surface area (Å²) in [6, 6.07) is 3.29. The maximum Gasteiger partial charge on any atom is 0.425 e. The molecule has 2 N–H and O–H groups in total. The molecule has 0 saturated carbocycles. The molecule has 0 saturated heterocycles. The van der Waals surface area contributed by atoms with Crippen LogP contribution in [0.1, 0.15) is 28.7 Å². The normalized spacial score (nSPS) is 12.5. The number of alkyl halides is 3. The second-order valence-electron chi connectivity index (χ2n) is 7.19. The molecule has 0 aliphatic rings. The zero-order valence-electron chi connectivity index (χ0n) is 17.7. The lowest BCUT2D eigenvalue weighted by molar-refractivity contribution is -0.189. The molecule has 3 rings (SSSR count). The van der Waals surface area contributed by atoms with Gasteiger partial charge in [-0.25, -0.2) is 14.4 Å². The summed E-state index contributed by atoms with van der Waals surface area (Å²) in [5, 5.41) is 11.7. The van der Waals surface area contributed by atoms with E-state index in [1.165, 1.54) is 17.0 Å². The molecule has 33 heavy (non-hydrogen) atoms. The van der Waals surface area contributed by atoms with Gasteiger partial charge < -0.3 is 19.7 Å². The molecule has 12 heteroatoms. The first-order valence-corrected chi connectivity index (χ1v) is 9.93. The van der Waals surface area contributed by atoms with Crippen molar-refractivity contribution in [3.05, 3.63) is 58.5 Å². The van der Waals surface area contributed by atoms with Crippen molar-refractivity contribution in [3.8, 4) is 17.0 Å². The predicted molar refractivity (Wildman–Crippen MR) is 113 cm³/mol. The molecular weight excluding hydrogens is 468 g/mol. The first-order chi connectivity index (χ1) is 15.4. The highest BCUT2D eigenvalue weighted by Crippen LogP contribution is 2.34. The van der Waals surface area contributed by atoms with Crippen LogP contribution < -0.4 is 10.1 Å². The van der Waals surface area contributed by atoms with Crippen molar-refractivity contribution < 1.29 is 32.2 Å². The summed E-state index contributed by atoms with van der Waals surface area (Å²) in [5.74, 6) is -2.18. The van der Waals surface area contributed by atoms with Crippen LogP contribution in [0.3, 0.4) is 0 Å². The number of ether oxygens (including phenoxy) is 1. The van der Waals surface area contributed by atoms with Crippen LogP contribution in [-0.4, -0.2) is 37.8 Å². The van der Waals surface area contributed by atoms with E-state index in [4.69, 9.17) is 16.3 Å². The van der Waals surface area contributed by atoms with Crippen molar-refractivity contribution in [1.29, 1.82) is 0 Å². The second-order valence-corrected chi connectivity index (χ2v) is 7.55. The molecule has 7 nitrogen and oxygen atoms in total. The summed E-state index contributed by atoms with van der Waals surface area (Å²) in [6.07, 6.45) is -4.22. The van der Waals surface area contributed by atoms with E-state index in [1.54, 1.807) is 20.0 Å². The highest BCUT2D eigenvalue weighted by molar-refractivity contribution is 6.33. The van der Waals surface area contributed by atoms with Crippen molar-refractivity contribution >= 4 is 23.2 Å². The van der Waals surface area contributed by atoms with Crippen molar-refractivity contribution in [2.24, 2.45) is 7.05 Å². The lowest BCUT2D eigenvalue weighted by Crippen LogP contribution is -2.32. The van der Waals surface area contributed by atoms with Gasteiger partial charge in [0.05, 0.1) is 16.9 Å². The van der Waals surface area contributed by atoms with Gasteiger partial charge in [-0.1, -0.05) is 11.6 Å². The fraction of sp³-hybridized carbons (Fsp3) is 0.286. The number of rotatable bonds is 6. The molecule has 0 fully saturated rings. The number of nitrogens with one attached hydrogen (secondary N) is 1. The highest BCUT2D eigenvalue weighted by atomic mass is 35.5. The van der Waals surface area contributed by atoms with Gasteiger partial charge >= 0.3 is 6.18 Å². The molecule has 0 radical (unpaired) electrons. The number of hydrogen-bond donors (Lipinski definition) is 2. The summed E-state index contributed by atoms with van der Waals surface area (Å²) in [5.41, 5.74) is 0.0193. The van der Waals surface area contributed by atoms with Crippen LogP contribution in [0, 0.1) is 12.7 Å². The average molecular weight is 487 g/mol. The minimum Gasteiger partial charge on any atom is -0.480 e. The summed E-state index contributed by atoms with van der Waals surface area (Å²) >= 11 is 6.00. The van der Waals surface area contributed by atoms with Gasteiger partial charge in [0.15, 0.2) is 11.3 Å². The van der Waals surface area contributed by atoms with Crippen LogP contribution in [0.5, 0.6) is 5.75 Å². The zero-order valence-corrected chi connectivity index (χ0v) is 18.4. The third-order valence-electron chi connectivity index (χ3n) is 4.82. The summed E-state index contributed by atoms with van der Waals surface area (Å²) in [6.45, 7) is 1.96. The molecule has 0 aliphatic heterocycles. The van der Waals surface area contributed by atoms with Crippen LogP contribution >= 0.6 is 11.6 Å². The predicted octanol–water partition coefficient (Wildman–Crippen LogP) is 4.66. The average Bonchev–Trinajstić information content (AvgIpc) is 3.11. The topological polar surface area (TPSA) is 89.3 Å². The van der Waals surface area contributed by atoms with E-state index >= 15 is 0 Å². The fourth-order valence-electron chi connectivity index (χ4n) is 2.92. The van der Waals surface area contributed by atoms with E-state index in [2.05, 4.69) is 15.3 Å². The molecule has 1 atom stereocenters. The molecule has 2 aromatic heterocycles. The second kappa shape index (κ2) is 9.36. The van der Waals surface area contributed by atoms with Crippen LogP contribution in [0.25, 0.3) is 11.3 Å². The first kappa shape index (κ1) is 24.5. The Morgan fingerprint density at radius 3 is 2.64 bits per heavy atom. The summed E-state index contributed by atoms with van der Waals surface area (Å²) in [4.78, 5) is 20.8. The molecule has 0 aliphatic carbocycles. The number of carbonyl (C=O) groups excluding carboxylic acids is 1. The Hall–Kier alpha value is -3.18. The lowest BCUT2D eigenvalue weighted by Gasteiger charge is -2.20. The molecular formula is C21H19ClF4N4O3. The van der Waals surface area contributed by atoms with Gasteiger partial charge in [0, 0.05) is 25.0 Å². The Kier molecular flexibility index (Phi) is 6.94. The first-order valence-electron chi connectivity index (χ1n) is 9.55. The minimum absolute atomic E-state index is 0.0432. The van der Waals surface area contributed by atoms with Crippen molar-refractivity contribution in [2.45, 2.75) is 32.7 Å². The zero-order chi connectivity index (χ0) is 24.5. The number of aliphatic hydroxyl groups excluding tert-OH is 1. The van der Waals surface area contributed by atoms with Gasteiger partial charge in [0.1, 0.15) is 24.0 Å².